The van der Waals surface area contributed by atoms with Crippen LogP contribution in [0.1, 0.15) is 22.8 Å². The fraction of sp³-hybridized carbons (Fsp3) is 0.176. The Kier molecular flexibility index (Phi) is 3.62. The van der Waals surface area contributed by atoms with Crippen LogP contribution in [0.15, 0.2) is 42.5 Å². The Balaban J connectivity index is 1.97. The number of benzene rings is 2. The number of anilines is 1. The van der Waals surface area contributed by atoms with Gasteiger partial charge in [0.15, 0.2) is 11.9 Å². The molecule has 0 N–H and O–H groups in total. The first-order chi connectivity index (χ1) is 10.5. The number of likely N-dealkylation sites (N-methyl/N-ethyl adjacent to an activating group) is 1. The van der Waals surface area contributed by atoms with E-state index in [2.05, 4.69) is 0 Å². The highest BCUT2D eigenvalue weighted by Gasteiger charge is 2.29. The average Bonchev–Trinajstić information content (AvgIpc) is 2.52. The number of carbonyl (C=O) groups is 2. The lowest BCUT2D eigenvalue weighted by Crippen LogP contribution is -2.42. The van der Waals surface area contributed by atoms with Crippen molar-refractivity contribution in [2.75, 3.05) is 11.9 Å². The number of ketones is 1. The van der Waals surface area contributed by atoms with Crippen molar-refractivity contribution in [2.24, 2.45) is 0 Å². The molecule has 0 saturated carbocycles. The van der Waals surface area contributed by atoms with Crippen molar-refractivity contribution in [1.29, 1.82) is 0 Å². The lowest BCUT2D eigenvalue weighted by atomic mass is 10.0. The van der Waals surface area contributed by atoms with E-state index >= 15 is 0 Å². The summed E-state index contributed by atoms with van der Waals surface area (Å²) in [6, 6.07) is 11.8. The van der Waals surface area contributed by atoms with E-state index in [9.17, 15) is 9.59 Å². The van der Waals surface area contributed by atoms with Crippen LogP contribution in [0.25, 0.3) is 0 Å². The summed E-state index contributed by atoms with van der Waals surface area (Å²) in [6.07, 6.45) is -0.557. The molecular weight excluding hydrogens is 302 g/mol. The van der Waals surface area contributed by atoms with E-state index in [1.165, 1.54) is 0 Å². The van der Waals surface area contributed by atoms with Crippen molar-refractivity contribution in [2.45, 2.75) is 13.0 Å². The molecule has 2 aromatic carbocycles. The predicted octanol–water partition coefficient (Wildman–Crippen LogP) is 3.31. The first-order valence-corrected chi connectivity index (χ1v) is 7.23. The van der Waals surface area contributed by atoms with Gasteiger partial charge in [0, 0.05) is 23.2 Å². The predicted molar refractivity (Wildman–Crippen MR) is 84.8 cm³/mol. The molecule has 0 spiro atoms. The number of nitrogens with zero attached hydrogens (tertiary/aromatic N) is 1. The molecule has 3 rings (SSSR count). The molecule has 1 unspecified atom stereocenters. The van der Waals surface area contributed by atoms with Crippen molar-refractivity contribution < 1.29 is 14.3 Å². The number of ether oxygens (including phenoxy) is 1. The van der Waals surface area contributed by atoms with Gasteiger partial charge in [-0.05, 0) is 49.4 Å². The van der Waals surface area contributed by atoms with Crippen LogP contribution in [0.3, 0.4) is 0 Å². The highest BCUT2D eigenvalue weighted by molar-refractivity contribution is 6.30. The van der Waals surface area contributed by atoms with Gasteiger partial charge in [0.05, 0.1) is 5.69 Å². The summed E-state index contributed by atoms with van der Waals surface area (Å²) in [4.78, 5) is 25.9. The first-order valence-electron chi connectivity index (χ1n) is 6.86. The van der Waals surface area contributed by atoms with Crippen LogP contribution >= 0.6 is 11.6 Å². The Morgan fingerprint density at radius 2 is 1.77 bits per heavy atom. The van der Waals surface area contributed by atoms with Gasteiger partial charge in [-0.25, -0.2) is 0 Å². The molecule has 1 atom stereocenters. The molecule has 0 radical (unpaired) electrons. The minimum Gasteiger partial charge on any atom is -0.479 e. The fourth-order valence-electron chi connectivity index (χ4n) is 2.43. The highest BCUT2D eigenvalue weighted by Crippen LogP contribution is 2.34. The molecule has 1 heterocycles. The molecule has 4 nitrogen and oxygen atoms in total. The van der Waals surface area contributed by atoms with Crippen molar-refractivity contribution in [1.82, 2.24) is 0 Å². The summed E-state index contributed by atoms with van der Waals surface area (Å²) in [6.45, 7) is 1.69. The normalized spacial score (nSPS) is 17.0. The zero-order valence-electron chi connectivity index (χ0n) is 12.2. The SMILES string of the molecule is CC1Oc2cc(C(=O)c3ccc(Cl)cc3)ccc2N(C)C1=O. The molecular formula is C17H14ClNO3. The Morgan fingerprint density at radius 3 is 2.45 bits per heavy atom. The minimum atomic E-state index is -0.557. The molecule has 0 aliphatic carbocycles. The second-order valence-electron chi connectivity index (χ2n) is 5.18. The van der Waals surface area contributed by atoms with Crippen LogP contribution in [0, 0.1) is 0 Å². The third kappa shape index (κ3) is 2.46. The lowest BCUT2D eigenvalue weighted by molar-refractivity contribution is -0.125. The second kappa shape index (κ2) is 5.46. The lowest BCUT2D eigenvalue weighted by Gasteiger charge is -2.30. The number of fused-ring (bicyclic) bond motifs is 1. The van der Waals surface area contributed by atoms with Crippen molar-refractivity contribution >= 4 is 29.0 Å². The number of rotatable bonds is 2. The van der Waals surface area contributed by atoms with Gasteiger partial charge >= 0.3 is 0 Å². The van der Waals surface area contributed by atoms with Crippen molar-refractivity contribution in [3.8, 4) is 5.75 Å². The number of halogens is 1. The summed E-state index contributed by atoms with van der Waals surface area (Å²) >= 11 is 5.83. The smallest absolute Gasteiger partial charge is 0.267 e. The van der Waals surface area contributed by atoms with Gasteiger partial charge in [-0.1, -0.05) is 11.6 Å². The topological polar surface area (TPSA) is 46.6 Å². The van der Waals surface area contributed by atoms with Gasteiger partial charge < -0.3 is 9.64 Å². The van der Waals surface area contributed by atoms with E-state index in [0.29, 0.717) is 27.6 Å². The average molecular weight is 316 g/mol. The summed E-state index contributed by atoms with van der Waals surface area (Å²) in [5.74, 6) is 0.314. The van der Waals surface area contributed by atoms with Gasteiger partial charge in [0.25, 0.3) is 5.91 Å². The van der Waals surface area contributed by atoms with Gasteiger partial charge in [-0.15, -0.1) is 0 Å². The van der Waals surface area contributed by atoms with Crippen LogP contribution in [0.5, 0.6) is 5.75 Å². The zero-order valence-corrected chi connectivity index (χ0v) is 12.9. The first kappa shape index (κ1) is 14.6. The Hall–Kier alpha value is -2.33. The van der Waals surface area contributed by atoms with E-state index in [0.717, 1.165) is 0 Å². The maximum absolute atomic E-state index is 12.5. The largest absolute Gasteiger partial charge is 0.479 e. The Labute approximate surface area is 133 Å². The monoisotopic (exact) mass is 315 g/mol. The molecule has 1 aliphatic heterocycles. The zero-order chi connectivity index (χ0) is 15.9. The summed E-state index contributed by atoms with van der Waals surface area (Å²) in [5.41, 5.74) is 1.73. The summed E-state index contributed by atoms with van der Waals surface area (Å²) < 4.78 is 5.60. The van der Waals surface area contributed by atoms with E-state index in [-0.39, 0.29) is 11.7 Å². The quantitative estimate of drug-likeness (QED) is 0.799. The number of hydrogen-bond acceptors (Lipinski definition) is 3. The minimum absolute atomic E-state index is 0.107. The van der Waals surface area contributed by atoms with Crippen molar-refractivity contribution in [3.05, 3.63) is 58.6 Å². The van der Waals surface area contributed by atoms with E-state index in [1.807, 2.05) is 0 Å². The van der Waals surface area contributed by atoms with E-state index in [1.54, 1.807) is 61.3 Å². The third-order valence-corrected chi connectivity index (χ3v) is 3.92. The summed E-state index contributed by atoms with van der Waals surface area (Å²) in [7, 11) is 1.70. The van der Waals surface area contributed by atoms with Gasteiger partial charge in [0.1, 0.15) is 5.75 Å². The van der Waals surface area contributed by atoms with Crippen LogP contribution in [0.2, 0.25) is 5.02 Å². The van der Waals surface area contributed by atoms with Gasteiger partial charge in [-0.2, -0.15) is 0 Å². The van der Waals surface area contributed by atoms with Crippen LogP contribution in [-0.4, -0.2) is 24.8 Å². The maximum Gasteiger partial charge on any atom is 0.267 e. The number of hydrogen-bond donors (Lipinski definition) is 0. The number of amides is 1. The third-order valence-electron chi connectivity index (χ3n) is 3.67. The molecule has 5 heteroatoms. The van der Waals surface area contributed by atoms with Gasteiger partial charge in [0.2, 0.25) is 0 Å². The molecule has 22 heavy (non-hydrogen) atoms. The van der Waals surface area contributed by atoms with Gasteiger partial charge in [-0.3, -0.25) is 9.59 Å². The van der Waals surface area contributed by atoms with Crippen LogP contribution < -0.4 is 9.64 Å². The summed E-state index contributed by atoms with van der Waals surface area (Å²) in [5, 5.41) is 0.583. The van der Waals surface area contributed by atoms with Crippen LogP contribution in [-0.2, 0) is 4.79 Å². The molecule has 0 saturated heterocycles. The molecule has 0 aromatic heterocycles. The number of carbonyl (C=O) groups excluding carboxylic acids is 2. The molecule has 112 valence electrons. The van der Waals surface area contributed by atoms with E-state index < -0.39 is 6.10 Å². The highest BCUT2D eigenvalue weighted by atomic mass is 35.5. The molecule has 0 bridgehead atoms. The standard InChI is InChI=1S/C17H14ClNO3/c1-10-17(21)19(2)14-8-5-12(9-15(14)22-10)16(20)11-3-6-13(18)7-4-11/h3-10H,1-2H3. The fourth-order valence-corrected chi connectivity index (χ4v) is 2.55. The maximum atomic E-state index is 12.5. The molecule has 1 amide bonds. The molecule has 2 aromatic rings. The van der Waals surface area contributed by atoms with Crippen LogP contribution in [0.4, 0.5) is 5.69 Å². The Morgan fingerprint density at radius 1 is 1.14 bits per heavy atom. The molecule has 0 fully saturated rings. The van der Waals surface area contributed by atoms with Crippen molar-refractivity contribution in [3.63, 3.8) is 0 Å². The Bertz CT molecular complexity index is 755. The molecule has 1 aliphatic rings. The second-order valence-corrected chi connectivity index (χ2v) is 5.61. The van der Waals surface area contributed by atoms with E-state index in [4.69, 9.17) is 16.3 Å².